The van der Waals surface area contributed by atoms with Crippen molar-refractivity contribution in [1.82, 2.24) is 4.90 Å². The molecule has 1 N–H and O–H groups in total. The quantitative estimate of drug-likeness (QED) is 0.804. The van der Waals surface area contributed by atoms with Crippen molar-refractivity contribution in [3.8, 4) is 0 Å². The van der Waals surface area contributed by atoms with Crippen LogP contribution in [0.5, 0.6) is 0 Å². The van der Waals surface area contributed by atoms with Crippen molar-refractivity contribution in [3.05, 3.63) is 11.3 Å². The van der Waals surface area contributed by atoms with Crippen LogP contribution in [0, 0.1) is 16.7 Å². The minimum absolute atomic E-state index is 0.0467. The van der Waals surface area contributed by atoms with Crippen LogP contribution in [-0.4, -0.2) is 34.4 Å². The highest BCUT2D eigenvalue weighted by molar-refractivity contribution is 5.92. The molecule has 21 heavy (non-hydrogen) atoms. The number of nitrogens with zero attached hydrogens (tertiary/aromatic N) is 2. The molecule has 1 saturated heterocycles. The Morgan fingerprint density at radius 3 is 2.19 bits per heavy atom. The third-order valence-electron chi connectivity index (χ3n) is 4.30. The molecule has 2 atom stereocenters. The number of fused-ring (bicyclic) bond motifs is 1. The minimum atomic E-state index is -0.711. The Bertz CT molecular complexity index is 518. The topological polar surface area (TPSA) is 52.9 Å². The molecule has 2 heterocycles. The Labute approximate surface area is 127 Å². The Balaban J connectivity index is 2.62. The van der Waals surface area contributed by atoms with Crippen LogP contribution < -0.4 is 0 Å². The summed E-state index contributed by atoms with van der Waals surface area (Å²) >= 11 is 0. The number of aliphatic imine (C=N–C) groups is 1. The van der Waals surface area contributed by atoms with Crippen molar-refractivity contribution in [2.75, 3.05) is 6.54 Å². The lowest BCUT2D eigenvalue weighted by molar-refractivity contribution is -0.140. The number of hydrogen-bond acceptors (Lipinski definition) is 3. The van der Waals surface area contributed by atoms with Crippen molar-refractivity contribution in [2.24, 2.45) is 21.7 Å². The molecule has 0 aromatic carbocycles. The summed E-state index contributed by atoms with van der Waals surface area (Å²) < 4.78 is 0. The van der Waals surface area contributed by atoms with Gasteiger partial charge in [-0.1, -0.05) is 41.5 Å². The lowest BCUT2D eigenvalue weighted by Crippen LogP contribution is -2.44. The lowest BCUT2D eigenvalue weighted by Gasteiger charge is -2.42. The van der Waals surface area contributed by atoms with Crippen molar-refractivity contribution in [2.45, 2.75) is 60.9 Å². The maximum Gasteiger partial charge on any atom is 0.312 e. The van der Waals surface area contributed by atoms with E-state index in [2.05, 4.69) is 53.4 Å². The molecule has 0 saturated carbocycles. The second kappa shape index (κ2) is 4.85. The third kappa shape index (κ3) is 2.72. The number of hydrogen-bond donors (Lipinski definition) is 1. The van der Waals surface area contributed by atoms with Crippen LogP contribution in [0.15, 0.2) is 16.3 Å². The summed E-state index contributed by atoms with van der Waals surface area (Å²) in [5, 5.41) is 9.61. The monoisotopic (exact) mass is 292 g/mol. The standard InChI is InChI=1S/C17H28N2O2/c1-10-12(16(2,3)4)13-11(14(20)21)8-9-19(13)15(18-10)17(5,6)7/h10-11H,8-9H2,1-7H3,(H,20,21)/t10-,11-/m0/s1. The second-order valence-corrected chi connectivity index (χ2v) is 8.26. The van der Waals surface area contributed by atoms with E-state index in [1.165, 1.54) is 5.57 Å². The number of carboxylic acids is 1. The average Bonchev–Trinajstić information content (AvgIpc) is 2.68. The van der Waals surface area contributed by atoms with Gasteiger partial charge in [0.1, 0.15) is 5.84 Å². The largest absolute Gasteiger partial charge is 0.481 e. The average molecular weight is 292 g/mol. The molecule has 0 aliphatic carbocycles. The highest BCUT2D eigenvalue weighted by atomic mass is 16.4. The van der Waals surface area contributed by atoms with Crippen molar-refractivity contribution < 1.29 is 9.90 Å². The van der Waals surface area contributed by atoms with Crippen molar-refractivity contribution in [3.63, 3.8) is 0 Å². The normalized spacial score (nSPS) is 26.8. The summed E-state index contributed by atoms with van der Waals surface area (Å²) in [5.74, 6) is -0.0760. The van der Waals surface area contributed by atoms with Crippen LogP contribution in [-0.2, 0) is 4.79 Å². The van der Waals surface area contributed by atoms with E-state index < -0.39 is 11.9 Å². The molecule has 0 unspecified atom stereocenters. The maximum absolute atomic E-state index is 11.7. The molecule has 0 radical (unpaired) electrons. The van der Waals surface area contributed by atoms with Gasteiger partial charge in [-0.05, 0) is 24.3 Å². The summed E-state index contributed by atoms with van der Waals surface area (Å²) in [5.41, 5.74) is 2.04. The van der Waals surface area contributed by atoms with E-state index in [9.17, 15) is 9.90 Å². The first kappa shape index (κ1) is 16.1. The fourth-order valence-electron chi connectivity index (χ4n) is 3.64. The molecular formula is C17H28N2O2. The van der Waals surface area contributed by atoms with E-state index >= 15 is 0 Å². The minimum Gasteiger partial charge on any atom is -0.481 e. The Morgan fingerprint density at radius 1 is 1.19 bits per heavy atom. The lowest BCUT2D eigenvalue weighted by atomic mass is 9.77. The first-order valence-electron chi connectivity index (χ1n) is 7.77. The SMILES string of the molecule is C[C@@H]1N=C(C(C)(C)C)N2CC[C@H](C(=O)O)C2=C1C(C)(C)C. The van der Waals surface area contributed by atoms with Gasteiger partial charge in [0.05, 0.1) is 12.0 Å². The van der Waals surface area contributed by atoms with Crippen LogP contribution in [0.1, 0.15) is 54.9 Å². The first-order valence-corrected chi connectivity index (χ1v) is 7.77. The van der Waals surface area contributed by atoms with Crippen molar-refractivity contribution >= 4 is 11.8 Å². The van der Waals surface area contributed by atoms with Crippen LogP contribution in [0.2, 0.25) is 0 Å². The van der Waals surface area contributed by atoms with Crippen LogP contribution >= 0.6 is 0 Å². The summed E-state index contributed by atoms with van der Waals surface area (Å²) in [6.45, 7) is 15.7. The maximum atomic E-state index is 11.7. The van der Waals surface area contributed by atoms with Gasteiger partial charge in [0, 0.05) is 17.7 Å². The molecular weight excluding hydrogens is 264 g/mol. The van der Waals surface area contributed by atoms with E-state index in [-0.39, 0.29) is 16.9 Å². The number of amidine groups is 1. The first-order chi connectivity index (χ1) is 9.44. The van der Waals surface area contributed by atoms with Gasteiger partial charge in [0.15, 0.2) is 0 Å². The fraction of sp³-hybridized carbons (Fsp3) is 0.765. The van der Waals surface area contributed by atoms with Gasteiger partial charge in [-0.25, -0.2) is 0 Å². The summed E-state index contributed by atoms with van der Waals surface area (Å²) in [4.78, 5) is 18.8. The van der Waals surface area contributed by atoms with E-state index in [4.69, 9.17) is 4.99 Å². The van der Waals surface area contributed by atoms with Crippen LogP contribution in [0.3, 0.4) is 0 Å². The van der Waals surface area contributed by atoms with E-state index in [0.29, 0.717) is 6.42 Å². The Kier molecular flexibility index (Phi) is 3.71. The van der Waals surface area contributed by atoms with E-state index in [1.807, 2.05) is 0 Å². The van der Waals surface area contributed by atoms with E-state index in [0.717, 1.165) is 18.1 Å². The number of carboxylic acid groups (broad SMARTS) is 1. The Hall–Kier alpha value is -1.32. The summed E-state index contributed by atoms with van der Waals surface area (Å²) in [6, 6.07) is 0.0467. The van der Waals surface area contributed by atoms with Gasteiger partial charge in [-0.15, -0.1) is 0 Å². The smallest absolute Gasteiger partial charge is 0.312 e. The van der Waals surface area contributed by atoms with Gasteiger partial charge in [0.2, 0.25) is 0 Å². The zero-order valence-electron chi connectivity index (χ0n) is 14.3. The number of rotatable bonds is 1. The van der Waals surface area contributed by atoms with Gasteiger partial charge >= 0.3 is 5.97 Å². The van der Waals surface area contributed by atoms with E-state index in [1.54, 1.807) is 0 Å². The molecule has 0 bridgehead atoms. The van der Waals surface area contributed by atoms with Gasteiger partial charge in [0.25, 0.3) is 0 Å². The zero-order valence-corrected chi connectivity index (χ0v) is 14.3. The molecule has 0 spiro atoms. The van der Waals surface area contributed by atoms with Gasteiger partial charge in [-0.2, -0.15) is 0 Å². The predicted molar refractivity (Wildman–Crippen MR) is 85.3 cm³/mol. The highest BCUT2D eigenvalue weighted by Crippen LogP contribution is 2.45. The molecule has 4 heteroatoms. The molecule has 2 aliphatic heterocycles. The fourth-order valence-corrected chi connectivity index (χ4v) is 3.64. The molecule has 1 fully saturated rings. The third-order valence-corrected chi connectivity index (χ3v) is 4.30. The molecule has 2 rings (SSSR count). The van der Waals surface area contributed by atoms with Crippen molar-refractivity contribution in [1.29, 1.82) is 0 Å². The predicted octanol–water partition coefficient (Wildman–Crippen LogP) is 3.54. The summed E-state index contributed by atoms with van der Waals surface area (Å²) in [6.07, 6.45) is 0.673. The molecule has 0 aromatic heterocycles. The van der Waals surface area contributed by atoms with Gasteiger partial charge in [-0.3, -0.25) is 9.79 Å². The molecule has 118 valence electrons. The molecule has 0 amide bonds. The van der Waals surface area contributed by atoms with Gasteiger partial charge < -0.3 is 10.0 Å². The molecule has 0 aromatic rings. The molecule has 2 aliphatic rings. The number of aliphatic carboxylic acids is 1. The second-order valence-electron chi connectivity index (χ2n) is 8.26. The zero-order chi connectivity index (χ0) is 16.2. The summed E-state index contributed by atoms with van der Waals surface area (Å²) in [7, 11) is 0. The van der Waals surface area contributed by atoms with Crippen LogP contribution in [0.25, 0.3) is 0 Å². The highest BCUT2D eigenvalue weighted by Gasteiger charge is 2.45. The molecule has 4 nitrogen and oxygen atoms in total. The Morgan fingerprint density at radius 2 is 1.76 bits per heavy atom. The van der Waals surface area contributed by atoms with Crippen LogP contribution in [0.4, 0.5) is 0 Å². The number of carbonyl (C=O) groups is 1.